The van der Waals surface area contributed by atoms with Crippen LogP contribution in [0.5, 0.6) is 11.5 Å². The van der Waals surface area contributed by atoms with Crippen molar-refractivity contribution in [1.82, 2.24) is 14.1 Å². The lowest BCUT2D eigenvalue weighted by molar-refractivity contribution is 0.404. The van der Waals surface area contributed by atoms with Crippen LogP contribution >= 0.6 is 22.9 Å². The maximum Gasteiger partial charge on any atom is 0.190 e. The maximum atomic E-state index is 6.36. The van der Waals surface area contributed by atoms with E-state index in [4.69, 9.17) is 26.1 Å². The molecule has 6 nitrogen and oxygen atoms in total. The zero-order chi connectivity index (χ0) is 21.6. The monoisotopic (exact) mass is 454 g/mol. The highest BCUT2D eigenvalue weighted by molar-refractivity contribution is 7.07. The molecule has 2 heterocycles. The van der Waals surface area contributed by atoms with Crippen LogP contribution in [0.2, 0.25) is 5.02 Å². The second-order valence-electron chi connectivity index (χ2n) is 6.84. The predicted molar refractivity (Wildman–Crippen MR) is 124 cm³/mol. The Morgan fingerprint density at radius 3 is 2.71 bits per heavy atom. The number of thiazole rings is 1. The molecule has 4 aromatic rings. The summed E-state index contributed by atoms with van der Waals surface area (Å²) in [4.78, 5) is 9.85. The SMILES string of the molecule is COc1ccc(OC)c(-c2csc(=Nc3ccccc3Cl)n2CCCn2ccnc2)c1. The predicted octanol–water partition coefficient (Wildman–Crippen LogP) is 5.41. The number of para-hydroxylation sites is 1. The number of halogens is 1. The number of methoxy groups -OCH3 is 2. The molecule has 0 aliphatic heterocycles. The van der Waals surface area contributed by atoms with Gasteiger partial charge in [0.2, 0.25) is 0 Å². The molecule has 4 rings (SSSR count). The van der Waals surface area contributed by atoms with E-state index in [0.29, 0.717) is 5.02 Å². The number of rotatable bonds is 8. The van der Waals surface area contributed by atoms with E-state index in [1.165, 1.54) is 0 Å². The number of hydrogen-bond donors (Lipinski definition) is 0. The Kier molecular flexibility index (Phi) is 6.74. The summed E-state index contributed by atoms with van der Waals surface area (Å²) in [5, 5.41) is 2.73. The fourth-order valence-corrected chi connectivity index (χ4v) is 4.46. The van der Waals surface area contributed by atoms with E-state index in [9.17, 15) is 0 Å². The Bertz CT molecular complexity index is 1210. The van der Waals surface area contributed by atoms with Crippen molar-refractivity contribution < 1.29 is 9.47 Å². The van der Waals surface area contributed by atoms with Gasteiger partial charge in [0.25, 0.3) is 0 Å². The number of nitrogens with zero attached hydrogens (tertiary/aromatic N) is 4. The minimum atomic E-state index is 0.626. The summed E-state index contributed by atoms with van der Waals surface area (Å²) in [6, 6.07) is 13.4. The van der Waals surface area contributed by atoms with Crippen molar-refractivity contribution in [2.24, 2.45) is 4.99 Å². The first-order valence-corrected chi connectivity index (χ1v) is 11.1. The zero-order valence-corrected chi connectivity index (χ0v) is 18.9. The Morgan fingerprint density at radius 2 is 1.97 bits per heavy atom. The maximum absolute atomic E-state index is 6.36. The van der Waals surface area contributed by atoms with Gasteiger partial charge in [0, 0.05) is 36.4 Å². The number of aromatic nitrogens is 3. The van der Waals surface area contributed by atoms with Gasteiger partial charge in [-0.25, -0.2) is 9.98 Å². The summed E-state index contributed by atoms with van der Waals surface area (Å²) in [6.45, 7) is 1.64. The summed E-state index contributed by atoms with van der Waals surface area (Å²) in [7, 11) is 3.34. The summed E-state index contributed by atoms with van der Waals surface area (Å²) < 4.78 is 15.4. The molecule has 2 aromatic carbocycles. The molecule has 31 heavy (non-hydrogen) atoms. The minimum Gasteiger partial charge on any atom is -0.497 e. The van der Waals surface area contributed by atoms with Crippen LogP contribution in [-0.2, 0) is 13.1 Å². The Hall–Kier alpha value is -3.03. The van der Waals surface area contributed by atoms with Crippen molar-refractivity contribution in [3.8, 4) is 22.8 Å². The third-order valence-electron chi connectivity index (χ3n) is 4.91. The van der Waals surface area contributed by atoms with Gasteiger partial charge >= 0.3 is 0 Å². The van der Waals surface area contributed by atoms with Gasteiger partial charge < -0.3 is 18.6 Å². The first-order valence-electron chi connectivity index (χ1n) is 9.85. The van der Waals surface area contributed by atoms with Gasteiger partial charge in [0.15, 0.2) is 4.80 Å². The molecule has 0 N–H and O–H groups in total. The Morgan fingerprint density at radius 1 is 1.10 bits per heavy atom. The van der Waals surface area contributed by atoms with Crippen molar-refractivity contribution in [2.45, 2.75) is 19.5 Å². The highest BCUT2D eigenvalue weighted by Gasteiger charge is 2.14. The second-order valence-corrected chi connectivity index (χ2v) is 8.08. The van der Waals surface area contributed by atoms with Gasteiger partial charge in [-0.2, -0.15) is 0 Å². The van der Waals surface area contributed by atoms with Crippen LogP contribution in [0.4, 0.5) is 5.69 Å². The van der Waals surface area contributed by atoms with E-state index in [1.807, 2.05) is 55.0 Å². The molecule has 0 atom stereocenters. The highest BCUT2D eigenvalue weighted by atomic mass is 35.5. The van der Waals surface area contributed by atoms with Gasteiger partial charge in [-0.3, -0.25) is 0 Å². The molecule has 0 spiro atoms. The lowest BCUT2D eigenvalue weighted by Crippen LogP contribution is -2.17. The number of aryl methyl sites for hydroxylation is 1. The van der Waals surface area contributed by atoms with Crippen molar-refractivity contribution in [3.05, 3.63) is 76.4 Å². The van der Waals surface area contributed by atoms with Crippen LogP contribution in [0.1, 0.15) is 6.42 Å². The highest BCUT2D eigenvalue weighted by Crippen LogP contribution is 2.34. The Balaban J connectivity index is 1.78. The van der Waals surface area contributed by atoms with Crippen molar-refractivity contribution >= 4 is 28.6 Å². The number of ether oxygens (including phenoxy) is 2. The van der Waals surface area contributed by atoms with Crippen LogP contribution in [0, 0.1) is 0 Å². The fourth-order valence-electron chi connectivity index (χ4n) is 3.34. The fraction of sp³-hybridized carbons (Fsp3) is 0.217. The first kappa shape index (κ1) is 21.2. The van der Waals surface area contributed by atoms with Gasteiger partial charge in [-0.1, -0.05) is 23.7 Å². The first-order chi connectivity index (χ1) is 15.2. The molecule has 0 saturated carbocycles. The number of benzene rings is 2. The van der Waals surface area contributed by atoms with Gasteiger partial charge in [-0.15, -0.1) is 11.3 Å². The minimum absolute atomic E-state index is 0.626. The van der Waals surface area contributed by atoms with Crippen molar-refractivity contribution in [1.29, 1.82) is 0 Å². The summed E-state index contributed by atoms with van der Waals surface area (Å²) in [5.74, 6) is 1.56. The van der Waals surface area contributed by atoms with Crippen LogP contribution in [-0.4, -0.2) is 28.3 Å². The molecule has 0 aliphatic rings. The van der Waals surface area contributed by atoms with Crippen LogP contribution in [0.25, 0.3) is 11.3 Å². The third-order valence-corrected chi connectivity index (χ3v) is 6.09. The molecule has 2 aromatic heterocycles. The molecular formula is C23H23ClN4O2S. The molecule has 0 fully saturated rings. The van der Waals surface area contributed by atoms with E-state index in [2.05, 4.69) is 19.5 Å². The van der Waals surface area contributed by atoms with Crippen LogP contribution in [0.15, 0.2) is 71.6 Å². The average molecular weight is 455 g/mol. The molecule has 0 aliphatic carbocycles. The number of hydrogen-bond acceptors (Lipinski definition) is 5. The van der Waals surface area contributed by atoms with E-state index >= 15 is 0 Å². The largest absolute Gasteiger partial charge is 0.497 e. The molecule has 0 unspecified atom stereocenters. The van der Waals surface area contributed by atoms with E-state index in [0.717, 1.165) is 52.8 Å². The lowest BCUT2D eigenvalue weighted by atomic mass is 10.1. The summed E-state index contributed by atoms with van der Waals surface area (Å²) >= 11 is 7.94. The molecule has 0 saturated heterocycles. The third kappa shape index (κ3) is 4.84. The molecule has 0 radical (unpaired) electrons. The molecule has 0 bridgehead atoms. The normalized spacial score (nSPS) is 11.6. The van der Waals surface area contributed by atoms with Gasteiger partial charge in [0.1, 0.15) is 11.5 Å². The van der Waals surface area contributed by atoms with E-state index in [-0.39, 0.29) is 0 Å². The quantitative estimate of drug-likeness (QED) is 0.358. The molecular weight excluding hydrogens is 432 g/mol. The number of imidazole rings is 1. The Labute approximate surface area is 190 Å². The van der Waals surface area contributed by atoms with Gasteiger partial charge in [-0.05, 0) is 36.8 Å². The zero-order valence-electron chi connectivity index (χ0n) is 17.4. The van der Waals surface area contributed by atoms with Crippen LogP contribution < -0.4 is 14.3 Å². The summed E-state index contributed by atoms with van der Waals surface area (Å²) in [5.41, 5.74) is 2.73. The molecule has 8 heteroatoms. The molecule has 0 amide bonds. The van der Waals surface area contributed by atoms with Crippen molar-refractivity contribution in [2.75, 3.05) is 14.2 Å². The average Bonchev–Trinajstić information content (AvgIpc) is 3.45. The van der Waals surface area contributed by atoms with Crippen molar-refractivity contribution in [3.63, 3.8) is 0 Å². The van der Waals surface area contributed by atoms with E-state index in [1.54, 1.807) is 31.8 Å². The smallest absolute Gasteiger partial charge is 0.190 e. The molecule has 160 valence electrons. The van der Waals surface area contributed by atoms with E-state index < -0.39 is 0 Å². The lowest BCUT2D eigenvalue weighted by Gasteiger charge is -2.14. The second kappa shape index (κ2) is 9.85. The summed E-state index contributed by atoms with van der Waals surface area (Å²) in [6.07, 6.45) is 6.52. The standard InChI is InChI=1S/C23H23ClN4O2S/c1-29-17-8-9-22(30-2)18(14-17)21-15-31-23(26-20-7-4-3-6-19(20)24)28(21)12-5-11-27-13-10-25-16-27/h3-4,6-10,13-16H,5,11-12H2,1-2H3. The van der Waals surface area contributed by atoms with Gasteiger partial charge in [0.05, 0.1) is 37.0 Å². The van der Waals surface area contributed by atoms with Crippen LogP contribution in [0.3, 0.4) is 0 Å². The topological polar surface area (TPSA) is 53.6 Å².